The third-order valence-electron chi connectivity index (χ3n) is 4.25. The van der Waals surface area contributed by atoms with E-state index < -0.39 is 0 Å². The van der Waals surface area contributed by atoms with E-state index in [1.807, 2.05) is 0 Å². The molecule has 1 atom stereocenters. The van der Waals surface area contributed by atoms with E-state index in [1.165, 1.54) is 25.7 Å². The molecule has 0 bridgehead atoms. The van der Waals surface area contributed by atoms with Gasteiger partial charge in [0.15, 0.2) is 0 Å². The maximum Gasteiger partial charge on any atom is 0.148 e. The largest absolute Gasteiger partial charge is 0.366 e. The summed E-state index contributed by atoms with van der Waals surface area (Å²) in [6.45, 7) is 6.76. The fourth-order valence-electron chi connectivity index (χ4n) is 2.92. The molecule has 1 heterocycles. The summed E-state index contributed by atoms with van der Waals surface area (Å²) in [4.78, 5) is 8.57. The third-order valence-corrected chi connectivity index (χ3v) is 4.25. The molecule has 19 heavy (non-hydrogen) atoms. The van der Waals surface area contributed by atoms with Crippen molar-refractivity contribution in [2.45, 2.75) is 58.9 Å². The van der Waals surface area contributed by atoms with Gasteiger partial charge in [-0.2, -0.15) is 0 Å². The van der Waals surface area contributed by atoms with Crippen molar-refractivity contribution in [1.82, 2.24) is 9.97 Å². The van der Waals surface area contributed by atoms with Crippen LogP contribution in [0.3, 0.4) is 0 Å². The smallest absolute Gasteiger partial charge is 0.148 e. The topological polar surface area (TPSA) is 75.9 Å². The average Bonchev–Trinajstić information content (AvgIpc) is 2.40. The summed E-state index contributed by atoms with van der Waals surface area (Å²) in [6, 6.07) is 0.465. The highest BCUT2D eigenvalue weighted by molar-refractivity contribution is 5.57. The minimum atomic E-state index is 0.310. The molecule has 1 unspecified atom stereocenters. The second-order valence-electron chi connectivity index (χ2n) is 5.98. The molecule has 2 rings (SSSR count). The molecule has 106 valence electrons. The van der Waals surface area contributed by atoms with Crippen LogP contribution in [0, 0.1) is 5.41 Å². The lowest BCUT2D eigenvalue weighted by Gasteiger charge is -2.39. The van der Waals surface area contributed by atoms with Crippen LogP contribution in [0.4, 0.5) is 11.6 Å². The van der Waals surface area contributed by atoms with Gasteiger partial charge in [0.25, 0.3) is 0 Å². The Bertz CT molecular complexity index is 430. The van der Waals surface area contributed by atoms with Gasteiger partial charge in [0.2, 0.25) is 0 Å². The fraction of sp³-hybridized carbons (Fsp3) is 0.714. The Labute approximate surface area is 115 Å². The van der Waals surface area contributed by atoms with Gasteiger partial charge < -0.3 is 10.7 Å². The zero-order valence-electron chi connectivity index (χ0n) is 12.2. The molecular formula is C14H25N5. The molecule has 0 saturated heterocycles. The first-order chi connectivity index (χ1) is 9.08. The predicted molar refractivity (Wildman–Crippen MR) is 78.9 cm³/mol. The number of anilines is 2. The Hall–Kier alpha value is -1.36. The minimum Gasteiger partial charge on any atom is -0.366 e. The van der Waals surface area contributed by atoms with Crippen LogP contribution in [0.5, 0.6) is 0 Å². The molecule has 5 nitrogen and oxygen atoms in total. The molecule has 5 heteroatoms. The highest BCUT2D eigenvalue weighted by Gasteiger charge is 2.32. The lowest BCUT2D eigenvalue weighted by molar-refractivity contribution is 0.216. The van der Waals surface area contributed by atoms with Crippen LogP contribution in [-0.2, 0) is 6.42 Å². The molecule has 4 N–H and O–H groups in total. The molecule has 0 aliphatic heterocycles. The van der Waals surface area contributed by atoms with E-state index in [0.717, 1.165) is 17.8 Å². The number of nitrogens with one attached hydrogen (secondary N) is 2. The number of hydrazine groups is 1. The number of nitrogens with two attached hydrogens (primary N) is 1. The maximum atomic E-state index is 5.51. The number of rotatable bonds is 4. The maximum absolute atomic E-state index is 5.51. The van der Waals surface area contributed by atoms with E-state index in [9.17, 15) is 0 Å². The van der Waals surface area contributed by atoms with Crippen LogP contribution in [0.25, 0.3) is 0 Å². The molecule has 0 aromatic carbocycles. The van der Waals surface area contributed by atoms with Crippen LogP contribution in [0.2, 0.25) is 0 Å². The Morgan fingerprint density at radius 2 is 2.05 bits per heavy atom. The Kier molecular flexibility index (Phi) is 4.24. The molecule has 1 aromatic heterocycles. The van der Waals surface area contributed by atoms with Gasteiger partial charge >= 0.3 is 0 Å². The highest BCUT2D eigenvalue weighted by Crippen LogP contribution is 2.37. The average molecular weight is 263 g/mol. The van der Waals surface area contributed by atoms with E-state index >= 15 is 0 Å². The van der Waals surface area contributed by atoms with Gasteiger partial charge in [0.05, 0.1) is 0 Å². The van der Waals surface area contributed by atoms with Crippen molar-refractivity contribution in [1.29, 1.82) is 0 Å². The second kappa shape index (κ2) is 5.74. The molecule has 0 radical (unpaired) electrons. The first-order valence-corrected chi connectivity index (χ1v) is 7.15. The lowest BCUT2D eigenvalue weighted by atomic mass is 9.73. The van der Waals surface area contributed by atoms with Crippen LogP contribution in [0.15, 0.2) is 6.33 Å². The number of nitrogens with zero attached hydrogens (tertiary/aromatic N) is 2. The molecule has 1 aliphatic carbocycles. The summed E-state index contributed by atoms with van der Waals surface area (Å²) in [7, 11) is 0. The normalized spacial score (nSPS) is 22.0. The highest BCUT2D eigenvalue weighted by atomic mass is 15.3. The Balaban J connectivity index is 2.23. The lowest BCUT2D eigenvalue weighted by Crippen LogP contribution is -2.39. The third kappa shape index (κ3) is 2.97. The standard InChI is InChI=1S/C14H25N5/c1-4-10-12(16-9-17-13(10)19-15)18-11-7-5-6-8-14(11,2)3/h9,11H,4-8,15H2,1-3H3,(H2,16,17,18,19). The summed E-state index contributed by atoms with van der Waals surface area (Å²) in [6.07, 6.45) is 7.49. The van der Waals surface area contributed by atoms with Crippen molar-refractivity contribution in [2.24, 2.45) is 11.3 Å². The summed E-state index contributed by atoms with van der Waals surface area (Å²) in [5, 5.41) is 3.62. The summed E-state index contributed by atoms with van der Waals surface area (Å²) < 4.78 is 0. The monoisotopic (exact) mass is 263 g/mol. The van der Waals surface area contributed by atoms with E-state index in [4.69, 9.17) is 5.84 Å². The van der Waals surface area contributed by atoms with Crippen molar-refractivity contribution in [3.05, 3.63) is 11.9 Å². The predicted octanol–water partition coefficient (Wildman–Crippen LogP) is 2.71. The Morgan fingerprint density at radius 3 is 2.68 bits per heavy atom. The van der Waals surface area contributed by atoms with Crippen LogP contribution >= 0.6 is 0 Å². The SMILES string of the molecule is CCc1c(NN)ncnc1NC1CCCCC1(C)C. The van der Waals surface area contributed by atoms with Crippen LogP contribution in [0.1, 0.15) is 52.0 Å². The number of hydrogen-bond acceptors (Lipinski definition) is 5. The summed E-state index contributed by atoms with van der Waals surface area (Å²) in [5.41, 5.74) is 4.03. The zero-order valence-corrected chi connectivity index (χ0v) is 12.2. The second-order valence-corrected chi connectivity index (χ2v) is 5.98. The van der Waals surface area contributed by atoms with E-state index in [1.54, 1.807) is 6.33 Å². The number of hydrogen-bond donors (Lipinski definition) is 3. The molecule has 1 fully saturated rings. The van der Waals surface area contributed by atoms with Crippen LogP contribution < -0.4 is 16.6 Å². The van der Waals surface area contributed by atoms with Crippen molar-refractivity contribution in [3.63, 3.8) is 0 Å². The zero-order chi connectivity index (χ0) is 13.9. The summed E-state index contributed by atoms with van der Waals surface area (Å²) in [5.74, 6) is 7.15. The van der Waals surface area contributed by atoms with Gasteiger partial charge in [-0.05, 0) is 24.7 Å². The molecule has 1 aromatic rings. The van der Waals surface area contributed by atoms with Crippen LogP contribution in [-0.4, -0.2) is 16.0 Å². The Morgan fingerprint density at radius 1 is 1.32 bits per heavy atom. The number of aromatic nitrogens is 2. The summed E-state index contributed by atoms with van der Waals surface area (Å²) >= 11 is 0. The molecule has 0 spiro atoms. The van der Waals surface area contributed by atoms with E-state index in [0.29, 0.717) is 17.3 Å². The van der Waals surface area contributed by atoms with Crippen molar-refractivity contribution < 1.29 is 0 Å². The van der Waals surface area contributed by atoms with Gasteiger partial charge in [-0.25, -0.2) is 15.8 Å². The van der Waals surface area contributed by atoms with Gasteiger partial charge in [0.1, 0.15) is 18.0 Å². The quantitative estimate of drug-likeness (QED) is 0.575. The molecular weight excluding hydrogens is 238 g/mol. The molecule has 0 amide bonds. The van der Waals surface area contributed by atoms with Gasteiger partial charge in [0, 0.05) is 11.6 Å². The van der Waals surface area contributed by atoms with E-state index in [2.05, 4.69) is 41.5 Å². The fourth-order valence-corrected chi connectivity index (χ4v) is 2.92. The number of nitrogen functional groups attached to an aromatic ring is 1. The van der Waals surface area contributed by atoms with E-state index in [-0.39, 0.29) is 0 Å². The first kappa shape index (κ1) is 14.1. The minimum absolute atomic E-state index is 0.310. The molecule has 1 saturated carbocycles. The first-order valence-electron chi connectivity index (χ1n) is 7.15. The van der Waals surface area contributed by atoms with Crippen molar-refractivity contribution in [3.8, 4) is 0 Å². The van der Waals surface area contributed by atoms with Gasteiger partial charge in [-0.1, -0.05) is 33.6 Å². The molecule has 1 aliphatic rings. The van der Waals surface area contributed by atoms with Crippen molar-refractivity contribution in [2.75, 3.05) is 10.7 Å². The van der Waals surface area contributed by atoms with Crippen molar-refractivity contribution >= 4 is 11.6 Å². The van der Waals surface area contributed by atoms with Gasteiger partial charge in [-0.15, -0.1) is 0 Å². The van der Waals surface area contributed by atoms with Gasteiger partial charge in [-0.3, -0.25) is 0 Å².